The molecule has 1 heterocycles. The smallest absolute Gasteiger partial charge is 0.224 e. The molecule has 1 unspecified atom stereocenters. The molecule has 7 nitrogen and oxygen atoms in total. The highest BCUT2D eigenvalue weighted by molar-refractivity contribution is 5.79. The normalized spacial score (nSPS) is 18.5. The van der Waals surface area contributed by atoms with Crippen molar-refractivity contribution in [2.24, 2.45) is 0 Å². The number of rotatable bonds is 9. The molecule has 1 aliphatic rings. The number of carbonyl (C=O) groups is 1. The molecule has 0 spiro atoms. The summed E-state index contributed by atoms with van der Waals surface area (Å²) in [6.45, 7) is 4.03. The van der Waals surface area contributed by atoms with E-state index in [1.165, 1.54) is 10.5 Å². The van der Waals surface area contributed by atoms with Crippen molar-refractivity contribution in [1.29, 1.82) is 0 Å². The Morgan fingerprint density at radius 2 is 1.77 bits per heavy atom. The van der Waals surface area contributed by atoms with Gasteiger partial charge in [-0.15, -0.1) is 0 Å². The Morgan fingerprint density at radius 1 is 1.07 bits per heavy atom. The van der Waals surface area contributed by atoms with E-state index in [-0.39, 0.29) is 18.4 Å². The molecule has 0 radical (unpaired) electrons. The van der Waals surface area contributed by atoms with E-state index in [0.717, 1.165) is 25.2 Å². The van der Waals surface area contributed by atoms with Crippen LogP contribution >= 0.6 is 0 Å². The first-order valence-electron chi connectivity index (χ1n) is 10.2. The van der Waals surface area contributed by atoms with Gasteiger partial charge in [0.1, 0.15) is 25.7 Å². The highest BCUT2D eigenvalue weighted by Gasteiger charge is 2.24. The van der Waals surface area contributed by atoms with Crippen molar-refractivity contribution < 1.29 is 28.6 Å². The van der Waals surface area contributed by atoms with Crippen molar-refractivity contribution in [3.8, 4) is 17.2 Å². The lowest BCUT2D eigenvalue weighted by Gasteiger charge is -2.30. The average molecular weight is 416 g/mol. The summed E-state index contributed by atoms with van der Waals surface area (Å²) in [5.41, 5.74) is 2.11. The monoisotopic (exact) mass is 415 g/mol. The van der Waals surface area contributed by atoms with E-state index in [1.54, 1.807) is 33.5 Å². The average Bonchev–Trinajstić information content (AvgIpc) is 2.78. The van der Waals surface area contributed by atoms with Gasteiger partial charge in [0.15, 0.2) is 11.5 Å². The summed E-state index contributed by atoms with van der Waals surface area (Å²) >= 11 is 0. The fraction of sp³-hybridized carbons (Fsp3) is 0.435. The van der Waals surface area contributed by atoms with Crippen LogP contribution in [0.5, 0.6) is 17.2 Å². The van der Waals surface area contributed by atoms with Crippen LogP contribution in [0.3, 0.4) is 0 Å². The number of methoxy groups -OCH3 is 3. The first kappa shape index (κ1) is 21.9. The Kier molecular flexibility index (Phi) is 7.93. The van der Waals surface area contributed by atoms with Crippen LogP contribution in [0.15, 0.2) is 42.5 Å². The number of quaternary nitrogens is 1. The molecule has 0 saturated carbocycles. The first-order valence-corrected chi connectivity index (χ1v) is 10.2. The van der Waals surface area contributed by atoms with Gasteiger partial charge in [-0.2, -0.15) is 0 Å². The maximum atomic E-state index is 12.5. The second kappa shape index (κ2) is 10.8. The fourth-order valence-electron chi connectivity index (χ4n) is 3.74. The second-order valence-electron chi connectivity index (χ2n) is 7.37. The Bertz CT molecular complexity index is 803. The molecule has 3 rings (SSSR count). The highest BCUT2D eigenvalue weighted by Crippen LogP contribution is 2.38. The van der Waals surface area contributed by atoms with Gasteiger partial charge in [-0.3, -0.25) is 4.79 Å². The largest absolute Gasteiger partial charge is 0.493 e. The van der Waals surface area contributed by atoms with Gasteiger partial charge in [0.25, 0.3) is 0 Å². The molecule has 7 heteroatoms. The van der Waals surface area contributed by atoms with Gasteiger partial charge in [-0.1, -0.05) is 30.3 Å². The lowest BCUT2D eigenvalue weighted by Crippen LogP contribution is -3.13. The van der Waals surface area contributed by atoms with Crippen LogP contribution < -0.4 is 24.4 Å². The highest BCUT2D eigenvalue weighted by atomic mass is 16.5. The summed E-state index contributed by atoms with van der Waals surface area (Å²) in [4.78, 5) is 14.0. The van der Waals surface area contributed by atoms with Crippen molar-refractivity contribution in [1.82, 2.24) is 5.32 Å². The van der Waals surface area contributed by atoms with Crippen LogP contribution in [0, 0.1) is 0 Å². The molecule has 2 N–H and O–H groups in total. The molecule has 2 aromatic rings. The number of ether oxygens (including phenoxy) is 4. The minimum atomic E-state index is -0.0666. The number of carbonyl (C=O) groups excluding carboxylic acids is 1. The maximum absolute atomic E-state index is 12.5. The number of nitrogens with one attached hydrogen (secondary N) is 2. The minimum absolute atomic E-state index is 0.0151. The van der Waals surface area contributed by atoms with Gasteiger partial charge in [0.05, 0.1) is 34.4 Å². The molecular formula is C23H31N2O5+. The van der Waals surface area contributed by atoms with Gasteiger partial charge in [0.2, 0.25) is 11.7 Å². The van der Waals surface area contributed by atoms with Crippen molar-refractivity contribution in [2.75, 3.05) is 47.6 Å². The first-order chi connectivity index (χ1) is 14.6. The third-order valence-electron chi connectivity index (χ3n) is 5.24. The lowest BCUT2D eigenvalue weighted by atomic mass is 10.1. The van der Waals surface area contributed by atoms with Crippen LogP contribution in [0.1, 0.15) is 11.1 Å². The zero-order chi connectivity index (χ0) is 21.3. The predicted molar refractivity (Wildman–Crippen MR) is 113 cm³/mol. The maximum Gasteiger partial charge on any atom is 0.224 e. The predicted octanol–water partition coefficient (Wildman–Crippen LogP) is 0.855. The van der Waals surface area contributed by atoms with Gasteiger partial charge >= 0.3 is 0 Å². The van der Waals surface area contributed by atoms with E-state index in [0.29, 0.717) is 30.4 Å². The summed E-state index contributed by atoms with van der Waals surface area (Å²) in [7, 11) is 4.68. The number of hydrogen-bond donors (Lipinski definition) is 2. The minimum Gasteiger partial charge on any atom is -0.493 e. The molecule has 2 aromatic carbocycles. The Balaban J connectivity index is 1.52. The molecular weight excluding hydrogens is 384 g/mol. The summed E-state index contributed by atoms with van der Waals surface area (Å²) in [6.07, 6.45) is 0.241. The SMILES string of the molecule is COc1cc(CC(=O)NC[C@H]2C[NH+](Cc3ccccc3)CCO2)cc(OC)c1OC. The molecule has 0 aliphatic carbocycles. The van der Waals surface area contributed by atoms with Crippen LogP contribution in [-0.2, 0) is 22.5 Å². The van der Waals surface area contributed by atoms with E-state index >= 15 is 0 Å². The van der Waals surface area contributed by atoms with Crippen LogP contribution in [0.4, 0.5) is 0 Å². The van der Waals surface area contributed by atoms with Crippen molar-refractivity contribution in [3.63, 3.8) is 0 Å². The Morgan fingerprint density at radius 3 is 2.40 bits per heavy atom. The number of benzene rings is 2. The Labute approximate surface area is 177 Å². The van der Waals surface area contributed by atoms with Gasteiger partial charge < -0.3 is 29.2 Å². The molecule has 1 saturated heterocycles. The molecule has 30 heavy (non-hydrogen) atoms. The topological polar surface area (TPSA) is 70.5 Å². The summed E-state index contributed by atoms with van der Waals surface area (Å²) < 4.78 is 21.9. The van der Waals surface area contributed by atoms with E-state index < -0.39 is 0 Å². The van der Waals surface area contributed by atoms with Crippen molar-refractivity contribution >= 4 is 5.91 Å². The van der Waals surface area contributed by atoms with Crippen molar-refractivity contribution in [2.45, 2.75) is 19.1 Å². The third kappa shape index (κ3) is 5.87. The van der Waals surface area contributed by atoms with E-state index in [1.807, 2.05) is 6.07 Å². The molecule has 0 bridgehead atoms. The molecule has 2 atom stereocenters. The van der Waals surface area contributed by atoms with Crippen molar-refractivity contribution in [3.05, 3.63) is 53.6 Å². The quantitative estimate of drug-likeness (QED) is 0.636. The van der Waals surface area contributed by atoms with Crippen LogP contribution in [-0.4, -0.2) is 59.6 Å². The van der Waals surface area contributed by atoms with E-state index in [9.17, 15) is 4.79 Å². The standard InChI is InChI=1S/C23H30N2O5/c1-27-20-11-18(12-21(28-2)23(20)29-3)13-22(26)24-14-19-16-25(9-10-30-19)15-17-7-5-4-6-8-17/h4-8,11-12,19H,9-10,13-16H2,1-3H3,(H,24,26)/p+1/t19-/m0/s1. The lowest BCUT2D eigenvalue weighted by molar-refractivity contribution is -0.925. The second-order valence-corrected chi connectivity index (χ2v) is 7.37. The fourth-order valence-corrected chi connectivity index (χ4v) is 3.74. The van der Waals surface area contributed by atoms with Crippen LogP contribution in [0.2, 0.25) is 0 Å². The van der Waals surface area contributed by atoms with E-state index in [4.69, 9.17) is 18.9 Å². The number of hydrogen-bond acceptors (Lipinski definition) is 5. The van der Waals surface area contributed by atoms with Crippen LogP contribution in [0.25, 0.3) is 0 Å². The third-order valence-corrected chi connectivity index (χ3v) is 5.24. The number of morpholine rings is 1. The summed E-state index contributed by atoms with van der Waals surface area (Å²) in [5.74, 6) is 1.52. The zero-order valence-corrected chi connectivity index (χ0v) is 17.9. The molecule has 1 amide bonds. The van der Waals surface area contributed by atoms with Gasteiger partial charge in [-0.05, 0) is 17.7 Å². The van der Waals surface area contributed by atoms with Gasteiger partial charge in [0, 0.05) is 12.1 Å². The molecule has 1 fully saturated rings. The molecule has 1 aliphatic heterocycles. The zero-order valence-electron chi connectivity index (χ0n) is 17.9. The Hall–Kier alpha value is -2.77. The molecule has 162 valence electrons. The summed E-state index contributed by atoms with van der Waals surface area (Å²) in [5, 5.41) is 3.00. The van der Waals surface area contributed by atoms with Gasteiger partial charge in [-0.25, -0.2) is 0 Å². The molecule has 0 aromatic heterocycles. The number of amides is 1. The summed E-state index contributed by atoms with van der Waals surface area (Å²) in [6, 6.07) is 14.1. The van der Waals surface area contributed by atoms with E-state index in [2.05, 4.69) is 29.6 Å².